The first kappa shape index (κ1) is 11.7. The summed E-state index contributed by atoms with van der Waals surface area (Å²) in [6, 6.07) is 0. The van der Waals surface area contributed by atoms with Gasteiger partial charge in [-0.05, 0) is 27.2 Å². The van der Waals surface area contributed by atoms with E-state index in [1.165, 1.54) is 0 Å². The van der Waals surface area contributed by atoms with E-state index in [9.17, 15) is 5.11 Å². The van der Waals surface area contributed by atoms with Crippen LogP contribution in [0.2, 0.25) is 0 Å². The van der Waals surface area contributed by atoms with Crippen molar-refractivity contribution in [1.82, 2.24) is 4.90 Å². The summed E-state index contributed by atoms with van der Waals surface area (Å²) >= 11 is 1.87. The van der Waals surface area contributed by atoms with E-state index in [2.05, 4.69) is 25.7 Å². The van der Waals surface area contributed by atoms with Gasteiger partial charge in [0.1, 0.15) is 23.0 Å². The Kier molecular flexibility index (Phi) is 3.97. The van der Waals surface area contributed by atoms with Gasteiger partial charge in [0.05, 0.1) is 12.2 Å². The van der Waals surface area contributed by atoms with Gasteiger partial charge in [-0.1, -0.05) is 0 Å². The van der Waals surface area contributed by atoms with Crippen molar-refractivity contribution in [2.45, 2.75) is 44.9 Å². The van der Waals surface area contributed by atoms with Gasteiger partial charge >= 0.3 is 0 Å². The van der Waals surface area contributed by atoms with Gasteiger partial charge in [0.25, 0.3) is 0 Å². The standard InChI is InChI=1S/C9H18INO2/c1-9(2,3)11-5-4-8(13-10)7(12)6-11/h7-8,12H,4-6H2,1-3H3. The van der Waals surface area contributed by atoms with Gasteiger partial charge in [-0.25, -0.2) is 0 Å². The molecule has 1 fully saturated rings. The maximum absolute atomic E-state index is 9.73. The van der Waals surface area contributed by atoms with Crippen LogP contribution in [0, 0.1) is 0 Å². The van der Waals surface area contributed by atoms with Gasteiger partial charge in [-0.2, -0.15) is 0 Å². The van der Waals surface area contributed by atoms with Crippen LogP contribution >= 0.6 is 23.0 Å². The number of likely N-dealkylation sites (tertiary alicyclic amines) is 1. The average Bonchev–Trinajstić information content (AvgIpc) is 2.02. The topological polar surface area (TPSA) is 32.7 Å². The largest absolute Gasteiger partial charge is 0.389 e. The zero-order valence-corrected chi connectivity index (χ0v) is 10.6. The molecular formula is C9H18INO2. The molecule has 0 bridgehead atoms. The molecule has 0 aromatic heterocycles. The quantitative estimate of drug-likeness (QED) is 0.746. The fourth-order valence-corrected chi connectivity index (χ4v) is 2.22. The summed E-state index contributed by atoms with van der Waals surface area (Å²) in [5, 5.41) is 9.73. The Labute approximate surface area is 94.1 Å². The van der Waals surface area contributed by atoms with E-state index in [1.54, 1.807) is 0 Å². The number of aliphatic hydroxyl groups is 1. The molecule has 0 spiro atoms. The van der Waals surface area contributed by atoms with Crippen LogP contribution in [0.3, 0.4) is 0 Å². The lowest BCUT2D eigenvalue weighted by Crippen LogP contribution is -2.53. The SMILES string of the molecule is CC(C)(C)N1CCC(OI)C(O)C1. The minimum atomic E-state index is -0.343. The van der Waals surface area contributed by atoms with Crippen LogP contribution < -0.4 is 0 Å². The van der Waals surface area contributed by atoms with Gasteiger partial charge in [0.2, 0.25) is 0 Å². The molecule has 0 aromatic carbocycles. The molecule has 4 heteroatoms. The number of aliphatic hydroxyl groups excluding tert-OH is 1. The highest BCUT2D eigenvalue weighted by molar-refractivity contribution is 14.1. The molecule has 0 aromatic rings. The van der Waals surface area contributed by atoms with E-state index in [-0.39, 0.29) is 17.7 Å². The molecule has 78 valence electrons. The lowest BCUT2D eigenvalue weighted by Gasteiger charge is -2.42. The highest BCUT2D eigenvalue weighted by Crippen LogP contribution is 2.22. The zero-order valence-electron chi connectivity index (χ0n) is 8.46. The van der Waals surface area contributed by atoms with Crippen molar-refractivity contribution in [2.24, 2.45) is 0 Å². The summed E-state index contributed by atoms with van der Waals surface area (Å²) in [4.78, 5) is 2.30. The molecule has 1 aliphatic rings. The normalized spacial score (nSPS) is 32.1. The third-order valence-corrected chi connectivity index (χ3v) is 3.24. The molecular weight excluding hydrogens is 281 g/mol. The second-order valence-electron chi connectivity index (χ2n) is 4.60. The molecule has 1 aliphatic heterocycles. The van der Waals surface area contributed by atoms with Crippen LogP contribution in [0.15, 0.2) is 0 Å². The third kappa shape index (κ3) is 3.04. The summed E-state index contributed by atoms with van der Waals surface area (Å²) in [6.07, 6.45) is 0.588. The molecule has 0 aliphatic carbocycles. The minimum Gasteiger partial charge on any atom is -0.389 e. The number of halogens is 1. The molecule has 0 amide bonds. The van der Waals surface area contributed by atoms with E-state index in [0.29, 0.717) is 0 Å². The minimum absolute atomic E-state index is 0.0131. The molecule has 1 N–H and O–H groups in total. The van der Waals surface area contributed by atoms with Gasteiger partial charge in [0, 0.05) is 18.6 Å². The summed E-state index contributed by atoms with van der Waals surface area (Å²) in [5.74, 6) is 0. The van der Waals surface area contributed by atoms with E-state index < -0.39 is 0 Å². The Hall–Kier alpha value is 0.610. The Morgan fingerprint density at radius 3 is 2.46 bits per heavy atom. The van der Waals surface area contributed by atoms with Crippen LogP contribution in [0.4, 0.5) is 0 Å². The van der Waals surface area contributed by atoms with Crippen LogP contribution in [-0.4, -0.2) is 40.8 Å². The van der Waals surface area contributed by atoms with Gasteiger partial charge in [-0.3, -0.25) is 4.90 Å². The summed E-state index contributed by atoms with van der Waals surface area (Å²) in [6.45, 7) is 8.24. The first-order valence-corrected chi connectivity index (χ1v) is 5.53. The third-order valence-electron chi connectivity index (χ3n) is 2.58. The Morgan fingerprint density at radius 1 is 1.46 bits per heavy atom. The van der Waals surface area contributed by atoms with Gasteiger partial charge in [-0.15, -0.1) is 0 Å². The fraction of sp³-hybridized carbons (Fsp3) is 1.00. The van der Waals surface area contributed by atoms with Crippen molar-refractivity contribution in [1.29, 1.82) is 0 Å². The smallest absolute Gasteiger partial charge is 0.110 e. The molecule has 13 heavy (non-hydrogen) atoms. The Balaban J connectivity index is 2.51. The number of hydrogen-bond acceptors (Lipinski definition) is 3. The summed E-state index contributed by atoms with van der Waals surface area (Å²) in [7, 11) is 0. The number of piperidine rings is 1. The van der Waals surface area contributed by atoms with Crippen molar-refractivity contribution in [2.75, 3.05) is 13.1 Å². The summed E-state index contributed by atoms with van der Waals surface area (Å²) in [5.41, 5.74) is 0.150. The van der Waals surface area contributed by atoms with Crippen LogP contribution in [0.25, 0.3) is 0 Å². The van der Waals surface area contributed by atoms with Gasteiger partial charge < -0.3 is 8.17 Å². The number of nitrogens with zero attached hydrogens (tertiary/aromatic N) is 1. The fourth-order valence-electron chi connectivity index (χ4n) is 1.62. The van der Waals surface area contributed by atoms with Crippen molar-refractivity contribution in [3.8, 4) is 0 Å². The maximum atomic E-state index is 9.73. The predicted molar refractivity (Wildman–Crippen MR) is 60.8 cm³/mol. The highest BCUT2D eigenvalue weighted by atomic mass is 127. The average molecular weight is 299 g/mol. The van der Waals surface area contributed by atoms with E-state index in [0.717, 1.165) is 19.5 Å². The highest BCUT2D eigenvalue weighted by Gasteiger charge is 2.32. The molecule has 0 saturated carbocycles. The van der Waals surface area contributed by atoms with E-state index >= 15 is 0 Å². The first-order chi connectivity index (χ1) is 5.95. The second kappa shape index (κ2) is 4.42. The first-order valence-electron chi connectivity index (χ1n) is 4.65. The molecule has 2 unspecified atom stereocenters. The van der Waals surface area contributed by atoms with E-state index in [4.69, 9.17) is 3.07 Å². The van der Waals surface area contributed by atoms with E-state index in [1.807, 2.05) is 23.0 Å². The molecule has 1 heterocycles. The summed E-state index contributed by atoms with van der Waals surface area (Å²) < 4.78 is 5.16. The van der Waals surface area contributed by atoms with Gasteiger partial charge in [0.15, 0.2) is 0 Å². The number of β-amino-alcohol motifs (C(OH)–C–C–N with tert-alkyl or cyclic N) is 1. The second-order valence-corrected chi connectivity index (χ2v) is 5.11. The Bertz CT molecular complexity index is 169. The molecule has 2 atom stereocenters. The van der Waals surface area contributed by atoms with Crippen molar-refractivity contribution >= 4 is 23.0 Å². The Morgan fingerprint density at radius 2 is 2.08 bits per heavy atom. The number of hydrogen-bond donors (Lipinski definition) is 1. The molecule has 0 radical (unpaired) electrons. The number of rotatable bonds is 1. The van der Waals surface area contributed by atoms with Crippen molar-refractivity contribution < 1.29 is 8.17 Å². The van der Waals surface area contributed by atoms with Crippen molar-refractivity contribution in [3.05, 3.63) is 0 Å². The molecule has 3 nitrogen and oxygen atoms in total. The van der Waals surface area contributed by atoms with Crippen LogP contribution in [0.1, 0.15) is 27.2 Å². The lowest BCUT2D eigenvalue weighted by molar-refractivity contribution is -0.0358. The maximum Gasteiger partial charge on any atom is 0.110 e. The zero-order chi connectivity index (χ0) is 10.1. The van der Waals surface area contributed by atoms with Crippen LogP contribution in [0.5, 0.6) is 0 Å². The predicted octanol–water partition coefficient (Wildman–Crippen LogP) is 1.59. The lowest BCUT2D eigenvalue weighted by atomic mass is 9.98. The molecule has 1 saturated heterocycles. The monoisotopic (exact) mass is 299 g/mol. The van der Waals surface area contributed by atoms with Crippen molar-refractivity contribution in [3.63, 3.8) is 0 Å². The van der Waals surface area contributed by atoms with Crippen LogP contribution in [-0.2, 0) is 3.07 Å². The molecule has 1 rings (SSSR count).